The first kappa shape index (κ1) is 28.3. The van der Waals surface area contributed by atoms with Crippen LogP contribution in [-0.2, 0) is 4.79 Å². The molecule has 1 heterocycles. The van der Waals surface area contributed by atoms with Crippen molar-refractivity contribution < 1.29 is 37.3 Å². The van der Waals surface area contributed by atoms with Crippen molar-refractivity contribution in [2.24, 2.45) is 5.92 Å². The maximum Gasteiger partial charge on any atom is 0.573 e. The molecule has 0 aromatic heterocycles. The van der Waals surface area contributed by atoms with Crippen LogP contribution in [0.5, 0.6) is 11.5 Å². The molecule has 2 aliphatic rings. The largest absolute Gasteiger partial charge is 0.573 e. The number of hydrogen-bond donors (Lipinski definition) is 2. The van der Waals surface area contributed by atoms with E-state index in [1.54, 1.807) is 6.07 Å². The van der Waals surface area contributed by atoms with Gasteiger partial charge in [0.15, 0.2) is 5.75 Å². The van der Waals surface area contributed by atoms with Gasteiger partial charge >= 0.3 is 18.4 Å². The zero-order valence-electron chi connectivity index (χ0n) is 22.5. The minimum Gasteiger partial charge on any atom is -0.487 e. The predicted molar refractivity (Wildman–Crippen MR) is 148 cm³/mol. The molecule has 1 saturated carbocycles. The van der Waals surface area contributed by atoms with Crippen LogP contribution in [0.25, 0.3) is 11.1 Å². The maximum atomic E-state index is 13.2. The SMILES string of the molecule is CC1CN(C(=O)Nc2ccccc2OC(F)(F)F)c2ccc(-c3ccc(C4CCC(CC(=O)O)CC4)cc3)cc2O1. The Hall–Kier alpha value is -4.21. The van der Waals surface area contributed by atoms with Crippen LogP contribution in [-0.4, -0.2) is 36.1 Å². The van der Waals surface area contributed by atoms with Crippen LogP contribution >= 0.6 is 0 Å². The second kappa shape index (κ2) is 11.7. The lowest BCUT2D eigenvalue weighted by atomic mass is 9.77. The van der Waals surface area contributed by atoms with Crippen LogP contribution in [0.15, 0.2) is 66.7 Å². The number of carboxylic acids is 1. The molecule has 3 aromatic carbocycles. The van der Waals surface area contributed by atoms with E-state index in [-0.39, 0.29) is 30.7 Å². The van der Waals surface area contributed by atoms with Crippen molar-refractivity contribution in [3.05, 3.63) is 72.3 Å². The second-order valence-corrected chi connectivity index (χ2v) is 10.6. The predicted octanol–water partition coefficient (Wildman–Crippen LogP) is 7.82. The Bertz CT molecular complexity index is 1400. The van der Waals surface area contributed by atoms with E-state index in [1.165, 1.54) is 28.7 Å². The van der Waals surface area contributed by atoms with Gasteiger partial charge in [0.05, 0.1) is 17.9 Å². The summed E-state index contributed by atoms with van der Waals surface area (Å²) in [5.41, 5.74) is 3.53. The first-order valence-electron chi connectivity index (χ1n) is 13.6. The number of anilines is 2. The summed E-state index contributed by atoms with van der Waals surface area (Å²) in [7, 11) is 0. The standard InChI is InChI=1S/C31H31F3N2O5/c1-19-18-36(30(39)35-25-4-2-3-5-27(25)41-31(32,33)34)26-15-14-24(17-28(26)40-19)23-12-10-22(11-13-23)21-8-6-20(7-9-21)16-29(37)38/h2-5,10-15,17,19-21H,6-9,16,18H2,1H3,(H,35,39)(H,37,38). The molecule has 1 fully saturated rings. The number of rotatable bonds is 6. The zero-order chi connectivity index (χ0) is 29.1. The van der Waals surface area contributed by atoms with Gasteiger partial charge in [-0.1, -0.05) is 42.5 Å². The van der Waals surface area contributed by atoms with Gasteiger partial charge in [0.25, 0.3) is 0 Å². The minimum atomic E-state index is -4.89. The zero-order valence-corrected chi connectivity index (χ0v) is 22.5. The third-order valence-electron chi connectivity index (χ3n) is 7.64. The Balaban J connectivity index is 1.30. The van der Waals surface area contributed by atoms with Gasteiger partial charge in [0.1, 0.15) is 11.9 Å². The highest BCUT2D eigenvalue weighted by atomic mass is 19.4. The number of aliphatic carboxylic acids is 1. The molecule has 1 aliphatic heterocycles. The highest BCUT2D eigenvalue weighted by Gasteiger charge is 2.33. The summed E-state index contributed by atoms with van der Waals surface area (Å²) < 4.78 is 48.6. The van der Waals surface area contributed by atoms with Crippen molar-refractivity contribution in [3.63, 3.8) is 0 Å². The molecule has 10 heteroatoms. The van der Waals surface area contributed by atoms with Crippen LogP contribution in [0.3, 0.4) is 0 Å². The van der Waals surface area contributed by atoms with E-state index in [0.29, 0.717) is 17.4 Å². The number of urea groups is 1. The number of halogens is 3. The fourth-order valence-electron chi connectivity index (χ4n) is 5.67. The number of hydrogen-bond acceptors (Lipinski definition) is 4. The van der Waals surface area contributed by atoms with Gasteiger partial charge in [0, 0.05) is 6.42 Å². The van der Waals surface area contributed by atoms with Crippen LogP contribution in [0, 0.1) is 5.92 Å². The average molecular weight is 569 g/mol. The average Bonchev–Trinajstić information content (AvgIpc) is 2.93. The molecular formula is C31H31F3N2O5. The Morgan fingerprint density at radius 3 is 2.37 bits per heavy atom. The summed E-state index contributed by atoms with van der Waals surface area (Å²) in [4.78, 5) is 25.7. The van der Waals surface area contributed by atoms with E-state index in [0.717, 1.165) is 42.9 Å². The molecule has 0 spiro atoms. The lowest BCUT2D eigenvalue weighted by Gasteiger charge is -2.34. The quantitative estimate of drug-likeness (QED) is 0.317. The van der Waals surface area contributed by atoms with Crippen molar-refractivity contribution in [3.8, 4) is 22.6 Å². The minimum absolute atomic E-state index is 0.0948. The molecular weight excluding hydrogens is 537 g/mol. The normalized spacial score (nSPS) is 20.5. The molecule has 0 radical (unpaired) electrons. The summed E-state index contributed by atoms with van der Waals surface area (Å²) >= 11 is 0. The molecule has 7 nitrogen and oxygen atoms in total. The van der Waals surface area contributed by atoms with Gasteiger partial charge in [-0.05, 0) is 85.4 Å². The van der Waals surface area contributed by atoms with Crippen LogP contribution in [0.1, 0.15) is 50.5 Å². The molecule has 0 saturated heterocycles. The second-order valence-electron chi connectivity index (χ2n) is 10.6. The molecule has 2 N–H and O–H groups in total. The number of carbonyl (C=O) groups excluding carboxylic acids is 1. The summed E-state index contributed by atoms with van der Waals surface area (Å²) in [6.07, 6.45) is -1.20. The van der Waals surface area contributed by atoms with E-state index in [9.17, 15) is 22.8 Å². The molecule has 1 aliphatic carbocycles. The molecule has 41 heavy (non-hydrogen) atoms. The van der Waals surface area contributed by atoms with Crippen LogP contribution in [0.4, 0.5) is 29.3 Å². The number of para-hydroxylation sites is 2. The lowest BCUT2D eigenvalue weighted by Crippen LogP contribution is -2.44. The summed E-state index contributed by atoms with van der Waals surface area (Å²) in [5, 5.41) is 11.6. The van der Waals surface area contributed by atoms with E-state index in [1.807, 2.05) is 19.1 Å². The number of fused-ring (bicyclic) bond motifs is 1. The molecule has 2 amide bonds. The van der Waals surface area contributed by atoms with Gasteiger partial charge in [0.2, 0.25) is 0 Å². The first-order chi connectivity index (χ1) is 19.6. The highest BCUT2D eigenvalue weighted by Crippen LogP contribution is 2.40. The Kier molecular flexibility index (Phi) is 8.10. The van der Waals surface area contributed by atoms with Gasteiger partial charge in [-0.2, -0.15) is 0 Å². The lowest BCUT2D eigenvalue weighted by molar-refractivity contribution is -0.274. The molecule has 3 aromatic rings. The molecule has 1 unspecified atom stereocenters. The Morgan fingerprint density at radius 1 is 1.00 bits per heavy atom. The molecule has 5 rings (SSSR count). The fraction of sp³-hybridized carbons (Fsp3) is 0.355. The highest BCUT2D eigenvalue weighted by molar-refractivity contribution is 6.04. The van der Waals surface area contributed by atoms with Crippen LogP contribution < -0.4 is 19.7 Å². The van der Waals surface area contributed by atoms with Gasteiger partial charge in [-0.3, -0.25) is 9.69 Å². The maximum absolute atomic E-state index is 13.2. The van der Waals surface area contributed by atoms with Crippen molar-refractivity contribution in [2.75, 3.05) is 16.8 Å². The number of ether oxygens (including phenoxy) is 2. The van der Waals surface area contributed by atoms with E-state index in [2.05, 4.69) is 34.3 Å². The van der Waals surface area contributed by atoms with Crippen molar-refractivity contribution in [2.45, 2.75) is 57.4 Å². The smallest absolute Gasteiger partial charge is 0.487 e. The molecule has 0 bridgehead atoms. The number of carboxylic acid groups (broad SMARTS) is 1. The van der Waals surface area contributed by atoms with Crippen molar-refractivity contribution in [1.29, 1.82) is 0 Å². The Morgan fingerprint density at radius 2 is 1.68 bits per heavy atom. The Labute approximate surface area is 235 Å². The van der Waals surface area contributed by atoms with Crippen molar-refractivity contribution in [1.82, 2.24) is 0 Å². The number of carbonyl (C=O) groups is 2. The molecule has 1 atom stereocenters. The van der Waals surface area contributed by atoms with E-state index >= 15 is 0 Å². The van der Waals surface area contributed by atoms with E-state index < -0.39 is 24.1 Å². The first-order valence-corrected chi connectivity index (χ1v) is 13.6. The topological polar surface area (TPSA) is 88.1 Å². The van der Waals surface area contributed by atoms with Gasteiger partial charge in [-0.25, -0.2) is 4.79 Å². The van der Waals surface area contributed by atoms with Gasteiger partial charge < -0.3 is 19.9 Å². The monoisotopic (exact) mass is 568 g/mol. The number of alkyl halides is 3. The van der Waals surface area contributed by atoms with E-state index in [4.69, 9.17) is 9.84 Å². The number of amides is 2. The molecule has 216 valence electrons. The van der Waals surface area contributed by atoms with Crippen molar-refractivity contribution >= 4 is 23.4 Å². The number of nitrogens with zero attached hydrogens (tertiary/aromatic N) is 1. The summed E-state index contributed by atoms with van der Waals surface area (Å²) in [6, 6.07) is 18.6. The third-order valence-corrected chi connectivity index (χ3v) is 7.64. The summed E-state index contributed by atoms with van der Waals surface area (Å²) in [6.45, 7) is 2.03. The summed E-state index contributed by atoms with van der Waals surface area (Å²) in [5.74, 6) is -0.0593. The number of nitrogens with one attached hydrogen (secondary N) is 1. The number of benzene rings is 3. The van der Waals surface area contributed by atoms with Crippen LogP contribution in [0.2, 0.25) is 0 Å². The third kappa shape index (κ3) is 6.93. The fourth-order valence-corrected chi connectivity index (χ4v) is 5.67. The van der Waals surface area contributed by atoms with Gasteiger partial charge in [-0.15, -0.1) is 13.2 Å².